The molecule has 0 atom stereocenters. The van der Waals surface area contributed by atoms with Gasteiger partial charge in [-0.25, -0.2) is 18.1 Å². The summed E-state index contributed by atoms with van der Waals surface area (Å²) in [5, 5.41) is 3.66. The third-order valence-electron chi connectivity index (χ3n) is 3.83. The van der Waals surface area contributed by atoms with Gasteiger partial charge < -0.3 is 9.51 Å². The van der Waals surface area contributed by atoms with Crippen LogP contribution in [0.4, 0.5) is 0 Å². The minimum absolute atomic E-state index is 0.0110. The quantitative estimate of drug-likeness (QED) is 0.731. The number of H-pyrrole nitrogens is 1. The van der Waals surface area contributed by atoms with Gasteiger partial charge in [0.1, 0.15) is 0 Å². The summed E-state index contributed by atoms with van der Waals surface area (Å²) in [6.45, 7) is 1.97. The van der Waals surface area contributed by atoms with Gasteiger partial charge in [-0.15, -0.1) is 0 Å². The summed E-state index contributed by atoms with van der Waals surface area (Å²) in [7, 11) is -3.26. The van der Waals surface area contributed by atoms with Gasteiger partial charge >= 0.3 is 0 Å². The molecule has 2 heterocycles. The summed E-state index contributed by atoms with van der Waals surface area (Å²) in [4.78, 5) is 11.6. The highest BCUT2D eigenvalue weighted by molar-refractivity contribution is 7.90. The van der Waals surface area contributed by atoms with Gasteiger partial charge in [-0.05, 0) is 37.5 Å². The first-order valence-electron chi connectivity index (χ1n) is 7.28. The summed E-state index contributed by atoms with van der Waals surface area (Å²) < 4.78 is 31.2. The molecule has 2 aromatic heterocycles. The Bertz CT molecular complexity index is 971. The van der Waals surface area contributed by atoms with Crippen LogP contribution in [-0.4, -0.2) is 33.8 Å². The second-order valence-corrected chi connectivity index (χ2v) is 7.71. The van der Waals surface area contributed by atoms with E-state index in [1.807, 2.05) is 19.1 Å². The Labute approximate surface area is 132 Å². The largest absolute Gasteiger partial charge is 0.345 e. The molecule has 0 saturated heterocycles. The molecule has 0 radical (unpaired) electrons. The SMILES string of the molecule is Cc1cc(-c2noc(CNS(=O)(=O)C3CC3)n2)cc2[nH]cnc12. The van der Waals surface area contributed by atoms with Crippen molar-refractivity contribution < 1.29 is 12.9 Å². The van der Waals surface area contributed by atoms with Gasteiger partial charge in [0.15, 0.2) is 0 Å². The first-order chi connectivity index (χ1) is 11.0. The predicted octanol–water partition coefficient (Wildman–Crippen LogP) is 1.50. The van der Waals surface area contributed by atoms with Crippen LogP contribution in [0.5, 0.6) is 0 Å². The lowest BCUT2D eigenvalue weighted by molar-refractivity contribution is 0.376. The zero-order valence-electron chi connectivity index (χ0n) is 12.4. The van der Waals surface area contributed by atoms with E-state index in [4.69, 9.17) is 4.52 Å². The average Bonchev–Trinajstić information content (AvgIpc) is 3.10. The summed E-state index contributed by atoms with van der Waals surface area (Å²) in [6, 6.07) is 3.81. The molecule has 0 amide bonds. The maximum Gasteiger partial charge on any atom is 0.242 e. The van der Waals surface area contributed by atoms with Crippen molar-refractivity contribution in [1.82, 2.24) is 24.8 Å². The van der Waals surface area contributed by atoms with E-state index < -0.39 is 10.0 Å². The number of fused-ring (bicyclic) bond motifs is 1. The monoisotopic (exact) mass is 333 g/mol. The fourth-order valence-electron chi connectivity index (χ4n) is 2.46. The molecule has 1 aromatic carbocycles. The lowest BCUT2D eigenvalue weighted by Gasteiger charge is -2.01. The van der Waals surface area contributed by atoms with Crippen molar-refractivity contribution in [3.05, 3.63) is 29.9 Å². The number of hydrogen-bond donors (Lipinski definition) is 2. The van der Waals surface area contributed by atoms with Crippen LogP contribution >= 0.6 is 0 Å². The fourth-order valence-corrected chi connectivity index (χ4v) is 3.78. The predicted molar refractivity (Wildman–Crippen MR) is 82.9 cm³/mol. The third kappa shape index (κ3) is 2.73. The van der Waals surface area contributed by atoms with Gasteiger partial charge in [-0.1, -0.05) is 5.16 Å². The van der Waals surface area contributed by atoms with Gasteiger partial charge in [-0.2, -0.15) is 4.98 Å². The highest BCUT2D eigenvalue weighted by Gasteiger charge is 2.35. The molecule has 0 aliphatic heterocycles. The minimum atomic E-state index is -3.26. The number of hydrogen-bond acceptors (Lipinski definition) is 6. The Hall–Kier alpha value is -2.26. The molecule has 3 aromatic rings. The summed E-state index contributed by atoms with van der Waals surface area (Å²) in [6.07, 6.45) is 3.07. The molecule has 1 aliphatic rings. The standard InChI is InChI=1S/C14H15N5O3S/c1-8-4-9(5-11-13(8)16-7-15-11)14-18-12(22-19-14)6-17-23(20,21)10-2-3-10/h4-5,7,10,17H,2-3,6H2,1H3,(H,15,16). The van der Waals surface area contributed by atoms with Crippen molar-refractivity contribution in [2.45, 2.75) is 31.6 Å². The Balaban J connectivity index is 1.56. The number of imidazole rings is 1. The van der Waals surface area contributed by atoms with Crippen molar-refractivity contribution in [1.29, 1.82) is 0 Å². The summed E-state index contributed by atoms with van der Waals surface area (Å²) >= 11 is 0. The molecule has 120 valence electrons. The first-order valence-corrected chi connectivity index (χ1v) is 8.83. The average molecular weight is 333 g/mol. The van der Waals surface area contributed by atoms with Gasteiger partial charge in [0.2, 0.25) is 21.7 Å². The lowest BCUT2D eigenvalue weighted by Crippen LogP contribution is -2.26. The van der Waals surface area contributed by atoms with Crippen molar-refractivity contribution >= 4 is 21.1 Å². The highest BCUT2D eigenvalue weighted by Crippen LogP contribution is 2.27. The van der Waals surface area contributed by atoms with Gasteiger partial charge in [-0.3, -0.25) is 0 Å². The molecular weight excluding hydrogens is 318 g/mol. The lowest BCUT2D eigenvalue weighted by atomic mass is 10.1. The van der Waals surface area contributed by atoms with Crippen LogP contribution in [-0.2, 0) is 16.6 Å². The minimum Gasteiger partial charge on any atom is -0.345 e. The van der Waals surface area contributed by atoms with E-state index >= 15 is 0 Å². The van der Waals surface area contributed by atoms with E-state index in [0.29, 0.717) is 18.7 Å². The number of aromatic amines is 1. The molecule has 0 spiro atoms. The summed E-state index contributed by atoms with van der Waals surface area (Å²) in [5.41, 5.74) is 3.58. The molecule has 8 nitrogen and oxygen atoms in total. The number of rotatable bonds is 5. The van der Waals surface area contributed by atoms with E-state index in [1.165, 1.54) is 0 Å². The van der Waals surface area contributed by atoms with Crippen LogP contribution in [0.25, 0.3) is 22.4 Å². The Morgan fingerprint density at radius 1 is 1.39 bits per heavy atom. The second kappa shape index (κ2) is 5.14. The number of nitrogens with one attached hydrogen (secondary N) is 2. The van der Waals surface area contributed by atoms with E-state index in [9.17, 15) is 8.42 Å². The highest BCUT2D eigenvalue weighted by atomic mass is 32.2. The Kier molecular flexibility index (Phi) is 3.20. The molecule has 0 unspecified atom stereocenters. The number of aromatic nitrogens is 4. The van der Waals surface area contributed by atoms with Crippen molar-refractivity contribution in [3.63, 3.8) is 0 Å². The van der Waals surface area contributed by atoms with E-state index in [0.717, 1.165) is 22.2 Å². The zero-order chi connectivity index (χ0) is 16.0. The van der Waals surface area contributed by atoms with Crippen LogP contribution in [0.15, 0.2) is 23.0 Å². The molecule has 9 heteroatoms. The smallest absolute Gasteiger partial charge is 0.242 e. The summed E-state index contributed by atoms with van der Waals surface area (Å²) in [5.74, 6) is 0.664. The molecule has 0 bridgehead atoms. The van der Waals surface area contributed by atoms with Crippen molar-refractivity contribution in [2.24, 2.45) is 0 Å². The van der Waals surface area contributed by atoms with Gasteiger partial charge in [0, 0.05) is 5.56 Å². The fraction of sp³-hybridized carbons (Fsp3) is 0.357. The molecule has 1 saturated carbocycles. The Morgan fingerprint density at radius 2 is 2.22 bits per heavy atom. The van der Waals surface area contributed by atoms with Crippen LogP contribution in [0.2, 0.25) is 0 Å². The molecule has 2 N–H and O–H groups in total. The van der Waals surface area contributed by atoms with Crippen molar-refractivity contribution in [2.75, 3.05) is 0 Å². The second-order valence-electron chi connectivity index (χ2n) is 5.67. The maximum absolute atomic E-state index is 11.8. The number of benzene rings is 1. The molecule has 1 aliphatic carbocycles. The molecule has 23 heavy (non-hydrogen) atoms. The molecular formula is C14H15N5O3S. The maximum atomic E-state index is 11.8. The van der Waals surface area contributed by atoms with Crippen LogP contribution in [0, 0.1) is 6.92 Å². The van der Waals surface area contributed by atoms with Crippen LogP contribution in [0.3, 0.4) is 0 Å². The van der Waals surface area contributed by atoms with Gasteiger partial charge in [0.05, 0.1) is 29.2 Å². The number of aryl methyl sites for hydroxylation is 1. The van der Waals surface area contributed by atoms with E-state index in [1.54, 1.807) is 6.33 Å². The molecule has 4 rings (SSSR count). The number of sulfonamides is 1. The third-order valence-corrected chi connectivity index (χ3v) is 5.72. The normalized spacial score (nSPS) is 15.3. The zero-order valence-corrected chi connectivity index (χ0v) is 13.2. The van der Waals surface area contributed by atoms with Gasteiger partial charge in [0.25, 0.3) is 0 Å². The molecule has 1 fully saturated rings. The topological polar surface area (TPSA) is 114 Å². The van der Waals surface area contributed by atoms with Crippen LogP contribution < -0.4 is 4.72 Å². The van der Waals surface area contributed by atoms with Crippen LogP contribution in [0.1, 0.15) is 24.3 Å². The van der Waals surface area contributed by atoms with E-state index in [2.05, 4.69) is 24.8 Å². The first kappa shape index (κ1) is 14.3. The van der Waals surface area contributed by atoms with E-state index in [-0.39, 0.29) is 17.7 Å². The Morgan fingerprint density at radius 3 is 3.00 bits per heavy atom. The van der Waals surface area contributed by atoms with Crippen molar-refractivity contribution in [3.8, 4) is 11.4 Å². The number of nitrogens with zero attached hydrogens (tertiary/aromatic N) is 3.